The predicted octanol–water partition coefficient (Wildman–Crippen LogP) is 6.31. The Hall–Kier alpha value is -3.26. The van der Waals surface area contributed by atoms with Gasteiger partial charge in [-0.15, -0.1) is 0 Å². The summed E-state index contributed by atoms with van der Waals surface area (Å²) >= 11 is 7.24. The molecule has 260 valence electrons. The Kier molecular flexibility index (Phi) is 11.7. The SMILES string of the molecule is CN(C)CCCn1c(-c2ccccc2)cnc1[C@@H](Cc1cc(Br)c(N)c(Br)c1)NC(O)N1CCC(N2CCc3ccccc3NC2=O)CC1. The average molecular weight is 795 g/mol. The van der Waals surface area contributed by atoms with Gasteiger partial charge >= 0.3 is 6.03 Å². The molecule has 2 aliphatic rings. The van der Waals surface area contributed by atoms with E-state index in [1.807, 2.05) is 59.6 Å². The number of imidazole rings is 1. The van der Waals surface area contributed by atoms with E-state index in [-0.39, 0.29) is 18.1 Å². The van der Waals surface area contributed by atoms with E-state index in [9.17, 15) is 9.90 Å². The second kappa shape index (κ2) is 16.2. The predicted molar refractivity (Wildman–Crippen MR) is 203 cm³/mol. The van der Waals surface area contributed by atoms with Crippen molar-refractivity contribution >= 4 is 49.3 Å². The van der Waals surface area contributed by atoms with Crippen molar-refractivity contribution in [2.24, 2.45) is 0 Å². The smallest absolute Gasteiger partial charge is 0.322 e. The molecule has 1 unspecified atom stereocenters. The van der Waals surface area contributed by atoms with Crippen LogP contribution in [-0.2, 0) is 19.4 Å². The first-order valence-corrected chi connectivity index (χ1v) is 18.6. The normalized spacial score (nSPS) is 17.1. The molecule has 0 bridgehead atoms. The number of piperidine rings is 1. The van der Waals surface area contributed by atoms with Crippen molar-refractivity contribution in [2.75, 3.05) is 51.3 Å². The molecule has 6 rings (SSSR count). The fourth-order valence-electron chi connectivity index (χ4n) is 6.97. The molecule has 1 aromatic heterocycles. The Labute approximate surface area is 305 Å². The van der Waals surface area contributed by atoms with Crippen molar-refractivity contribution in [1.29, 1.82) is 0 Å². The number of carbonyl (C=O) groups excluding carboxylic acids is 1. The summed E-state index contributed by atoms with van der Waals surface area (Å²) in [5, 5.41) is 18.4. The van der Waals surface area contributed by atoms with Crippen molar-refractivity contribution < 1.29 is 9.90 Å². The monoisotopic (exact) mass is 792 g/mol. The summed E-state index contributed by atoms with van der Waals surface area (Å²) in [7, 11) is 4.18. The molecule has 1 saturated heterocycles. The number of anilines is 2. The van der Waals surface area contributed by atoms with E-state index in [0.717, 1.165) is 81.6 Å². The quantitative estimate of drug-likeness (QED) is 0.0983. The molecule has 4 aromatic rings. The molecule has 2 aliphatic heterocycles. The number of hydrogen-bond donors (Lipinski definition) is 4. The van der Waals surface area contributed by atoms with Gasteiger partial charge in [-0.1, -0.05) is 48.5 Å². The Balaban J connectivity index is 1.22. The van der Waals surface area contributed by atoms with Crippen molar-refractivity contribution in [1.82, 2.24) is 29.6 Å². The molecule has 10 nitrogen and oxygen atoms in total. The van der Waals surface area contributed by atoms with Crippen LogP contribution in [0, 0.1) is 0 Å². The van der Waals surface area contributed by atoms with E-state index in [4.69, 9.17) is 10.7 Å². The third kappa shape index (κ3) is 8.56. The lowest BCUT2D eigenvalue weighted by Crippen LogP contribution is -2.54. The number of aliphatic hydroxyl groups excluding tert-OH is 1. The third-order valence-corrected chi connectivity index (χ3v) is 10.9. The van der Waals surface area contributed by atoms with Crippen molar-refractivity contribution in [3.05, 3.63) is 98.8 Å². The Morgan fingerprint density at radius 3 is 2.45 bits per heavy atom. The lowest BCUT2D eigenvalue weighted by Gasteiger charge is -2.40. The number of aliphatic hydroxyl groups is 1. The van der Waals surface area contributed by atoms with Gasteiger partial charge in [0.2, 0.25) is 0 Å². The Morgan fingerprint density at radius 2 is 1.73 bits per heavy atom. The number of fused-ring (bicyclic) bond motifs is 1. The zero-order valence-corrected chi connectivity index (χ0v) is 31.3. The Morgan fingerprint density at radius 1 is 1.04 bits per heavy atom. The molecule has 2 atom stereocenters. The summed E-state index contributed by atoms with van der Waals surface area (Å²) < 4.78 is 3.93. The van der Waals surface area contributed by atoms with Gasteiger partial charge in [0.15, 0.2) is 6.35 Å². The van der Waals surface area contributed by atoms with Crippen LogP contribution in [-0.4, -0.2) is 88.1 Å². The molecule has 1 fully saturated rings. The highest BCUT2D eigenvalue weighted by molar-refractivity contribution is 9.11. The first-order valence-electron chi connectivity index (χ1n) is 17.0. The molecule has 3 aromatic carbocycles. The zero-order valence-electron chi connectivity index (χ0n) is 28.2. The summed E-state index contributed by atoms with van der Waals surface area (Å²) in [5.41, 5.74) is 12.2. The lowest BCUT2D eigenvalue weighted by atomic mass is 10.0. The van der Waals surface area contributed by atoms with Gasteiger partial charge in [-0.25, -0.2) is 9.78 Å². The number of nitrogen functional groups attached to an aromatic ring is 1. The van der Waals surface area contributed by atoms with E-state index in [1.54, 1.807) is 0 Å². The van der Waals surface area contributed by atoms with E-state index in [2.05, 4.69) is 89.2 Å². The maximum absolute atomic E-state index is 13.2. The summed E-state index contributed by atoms with van der Waals surface area (Å²) in [5.74, 6) is 0.872. The maximum Gasteiger partial charge on any atom is 0.322 e. The van der Waals surface area contributed by atoms with Gasteiger partial charge in [-0.3, -0.25) is 10.2 Å². The van der Waals surface area contributed by atoms with E-state index < -0.39 is 6.35 Å². The summed E-state index contributed by atoms with van der Waals surface area (Å²) in [6.07, 6.45) is 4.97. The minimum absolute atomic E-state index is 0.0433. The highest BCUT2D eigenvalue weighted by Gasteiger charge is 2.33. The molecular weight excluding hydrogens is 748 g/mol. The molecule has 5 N–H and O–H groups in total. The van der Waals surface area contributed by atoms with Gasteiger partial charge in [0.05, 0.1) is 23.6 Å². The van der Waals surface area contributed by atoms with Crippen LogP contribution < -0.4 is 16.4 Å². The third-order valence-electron chi connectivity index (χ3n) is 9.61. The van der Waals surface area contributed by atoms with Crippen molar-refractivity contribution in [3.8, 4) is 11.3 Å². The minimum atomic E-state index is -0.902. The van der Waals surface area contributed by atoms with Crippen LogP contribution in [0.3, 0.4) is 0 Å². The molecule has 3 heterocycles. The fourth-order valence-corrected chi connectivity index (χ4v) is 8.25. The van der Waals surface area contributed by atoms with Gasteiger partial charge in [-0.05, 0) is 119 Å². The molecule has 2 amide bonds. The number of aromatic nitrogens is 2. The summed E-state index contributed by atoms with van der Waals surface area (Å²) in [6, 6.07) is 22.2. The van der Waals surface area contributed by atoms with Crippen LogP contribution in [0.25, 0.3) is 11.3 Å². The van der Waals surface area contributed by atoms with Gasteiger partial charge in [0, 0.05) is 46.9 Å². The molecular formula is C37H46Br2N8O2. The largest absolute Gasteiger partial charge is 0.397 e. The number of halogens is 2. The van der Waals surface area contributed by atoms with Crippen LogP contribution in [0.1, 0.15) is 42.3 Å². The number of nitrogens with zero attached hydrogens (tertiary/aromatic N) is 5. The van der Waals surface area contributed by atoms with E-state index in [0.29, 0.717) is 31.7 Å². The topological polar surface area (TPSA) is 115 Å². The van der Waals surface area contributed by atoms with Gasteiger partial charge in [0.1, 0.15) is 5.82 Å². The molecule has 12 heteroatoms. The summed E-state index contributed by atoms with van der Waals surface area (Å²) in [4.78, 5) is 24.5. The molecule has 49 heavy (non-hydrogen) atoms. The van der Waals surface area contributed by atoms with Crippen LogP contribution in [0.5, 0.6) is 0 Å². The molecule has 0 radical (unpaired) electrons. The highest BCUT2D eigenvalue weighted by Crippen LogP contribution is 2.33. The number of likely N-dealkylation sites (tertiary alicyclic amines) is 1. The van der Waals surface area contributed by atoms with Crippen LogP contribution >= 0.6 is 31.9 Å². The Bertz CT molecular complexity index is 1700. The lowest BCUT2D eigenvalue weighted by molar-refractivity contribution is -0.0498. The highest BCUT2D eigenvalue weighted by atomic mass is 79.9. The molecule has 0 spiro atoms. The first-order chi connectivity index (χ1) is 23.7. The van der Waals surface area contributed by atoms with Gasteiger partial charge in [0.25, 0.3) is 0 Å². The zero-order chi connectivity index (χ0) is 34.5. The second-order valence-electron chi connectivity index (χ2n) is 13.2. The number of nitrogens with one attached hydrogen (secondary N) is 2. The average Bonchev–Trinajstić information content (AvgIpc) is 3.43. The van der Waals surface area contributed by atoms with Gasteiger partial charge in [-0.2, -0.15) is 0 Å². The van der Waals surface area contributed by atoms with Crippen molar-refractivity contribution in [3.63, 3.8) is 0 Å². The van der Waals surface area contributed by atoms with Crippen molar-refractivity contribution in [2.45, 2.75) is 57.1 Å². The molecule has 0 aliphatic carbocycles. The standard InChI is InChI=1S/C37H46Br2N8O2/c1-44(2)16-8-17-47-33(27-10-4-3-5-11-27)24-41-35(47)32(23-25-21-29(38)34(40)30(39)22-25)43-36(48)45-18-14-28(15-19-45)46-20-13-26-9-6-7-12-31(26)42-37(46)49/h3-7,9-12,21-22,24,28,32,36,43,48H,8,13-20,23,40H2,1-2H3,(H,42,49)/t32-,36?/m1/s1. The number of rotatable bonds is 12. The van der Waals surface area contributed by atoms with Gasteiger partial charge < -0.3 is 30.5 Å². The van der Waals surface area contributed by atoms with Crippen LogP contribution in [0.4, 0.5) is 16.2 Å². The number of benzene rings is 3. The fraction of sp³-hybridized carbons (Fsp3) is 0.405. The number of urea groups is 1. The number of carbonyl (C=O) groups is 1. The summed E-state index contributed by atoms with van der Waals surface area (Å²) in [6.45, 7) is 3.74. The number of para-hydroxylation sites is 1. The molecule has 0 saturated carbocycles. The van der Waals surface area contributed by atoms with Crippen LogP contribution in [0.15, 0.2) is 81.9 Å². The minimum Gasteiger partial charge on any atom is -0.397 e. The van der Waals surface area contributed by atoms with E-state index >= 15 is 0 Å². The number of nitrogens with two attached hydrogens (primary N) is 1. The van der Waals surface area contributed by atoms with Crippen LogP contribution in [0.2, 0.25) is 0 Å². The maximum atomic E-state index is 13.2. The number of amides is 2. The number of hydrogen-bond acceptors (Lipinski definition) is 7. The second-order valence-corrected chi connectivity index (χ2v) is 15.0. The first kappa shape index (κ1) is 35.6. The van der Waals surface area contributed by atoms with E-state index in [1.165, 1.54) is 0 Å².